The van der Waals surface area contributed by atoms with Crippen molar-refractivity contribution in [2.45, 2.75) is 26.3 Å². The minimum Gasteiger partial charge on any atom is -0.497 e. The number of rotatable bonds is 8. The number of methoxy groups -OCH3 is 1. The number of ether oxygens (including phenoxy) is 1. The number of nitrogens with one attached hydrogen (secondary N) is 2. The maximum absolute atomic E-state index is 13.0. The highest BCUT2D eigenvalue weighted by Crippen LogP contribution is 2.29. The van der Waals surface area contributed by atoms with Gasteiger partial charge in [-0.25, -0.2) is 0 Å². The van der Waals surface area contributed by atoms with Gasteiger partial charge in [-0.2, -0.15) is 0 Å². The van der Waals surface area contributed by atoms with Crippen molar-refractivity contribution in [1.29, 1.82) is 0 Å². The Hall–Kier alpha value is -2.78. The highest BCUT2D eigenvalue weighted by molar-refractivity contribution is 9.10. The summed E-state index contributed by atoms with van der Waals surface area (Å²) in [5.41, 5.74) is 1.32. The van der Waals surface area contributed by atoms with Crippen molar-refractivity contribution < 1.29 is 14.3 Å². The summed E-state index contributed by atoms with van der Waals surface area (Å²) in [6, 6.07) is 13.8. The number of carbonyl (C=O) groups excluding carboxylic acids is 2. The van der Waals surface area contributed by atoms with Crippen LogP contribution in [0.2, 0.25) is 0 Å². The van der Waals surface area contributed by atoms with Crippen LogP contribution in [-0.4, -0.2) is 35.2 Å². The summed E-state index contributed by atoms with van der Waals surface area (Å²) in [4.78, 5) is 25.7. The van der Waals surface area contributed by atoms with Gasteiger partial charge in [0.2, 0.25) is 11.0 Å². The lowest BCUT2D eigenvalue weighted by atomic mass is 9.98. The first kappa shape index (κ1) is 22.9. The number of nitrogens with zero attached hydrogens (tertiary/aromatic N) is 2. The molecule has 1 aromatic heterocycles. The van der Waals surface area contributed by atoms with Crippen molar-refractivity contribution in [2.24, 2.45) is 5.92 Å². The van der Waals surface area contributed by atoms with Crippen LogP contribution in [0.3, 0.4) is 0 Å². The maximum Gasteiger partial charge on any atom is 0.253 e. The SMILES string of the molecule is CCC(C)C(NC(=O)c1ccccc1Br)C(=O)Nc1nnc(-c2cccc(OC)c2)s1. The van der Waals surface area contributed by atoms with E-state index in [2.05, 4.69) is 36.8 Å². The Kier molecular flexibility index (Phi) is 7.75. The summed E-state index contributed by atoms with van der Waals surface area (Å²) in [5, 5.41) is 14.9. The first-order valence-corrected chi connectivity index (χ1v) is 11.4. The molecule has 0 radical (unpaired) electrons. The Balaban J connectivity index is 1.75. The Morgan fingerprint density at radius 1 is 1.16 bits per heavy atom. The van der Waals surface area contributed by atoms with Crippen molar-refractivity contribution in [3.05, 3.63) is 58.6 Å². The van der Waals surface area contributed by atoms with Crippen LogP contribution in [0.25, 0.3) is 10.6 Å². The second-order valence-corrected chi connectivity index (χ2v) is 8.78. The summed E-state index contributed by atoms with van der Waals surface area (Å²) in [7, 11) is 1.60. The van der Waals surface area contributed by atoms with E-state index in [-0.39, 0.29) is 17.7 Å². The normalized spacial score (nSPS) is 12.6. The molecule has 0 saturated carbocycles. The molecule has 0 saturated heterocycles. The van der Waals surface area contributed by atoms with Crippen LogP contribution in [0, 0.1) is 5.92 Å². The topological polar surface area (TPSA) is 93.2 Å². The first-order chi connectivity index (χ1) is 14.9. The molecule has 3 aromatic rings. The fraction of sp³-hybridized carbons (Fsp3) is 0.273. The minimum absolute atomic E-state index is 0.0720. The van der Waals surface area contributed by atoms with Crippen molar-refractivity contribution in [3.63, 3.8) is 0 Å². The first-order valence-electron chi connectivity index (χ1n) is 9.77. The molecule has 2 amide bonds. The molecule has 7 nitrogen and oxygen atoms in total. The van der Waals surface area contributed by atoms with E-state index in [4.69, 9.17) is 4.74 Å². The van der Waals surface area contributed by atoms with Crippen molar-refractivity contribution in [2.75, 3.05) is 12.4 Å². The van der Waals surface area contributed by atoms with Crippen molar-refractivity contribution >= 4 is 44.2 Å². The molecule has 9 heteroatoms. The maximum atomic E-state index is 13.0. The fourth-order valence-electron chi connectivity index (χ4n) is 2.90. The largest absolute Gasteiger partial charge is 0.497 e. The van der Waals surface area contributed by atoms with Crippen LogP contribution in [0.1, 0.15) is 30.6 Å². The monoisotopic (exact) mass is 502 g/mol. The molecule has 2 atom stereocenters. The molecular weight excluding hydrogens is 480 g/mol. The van der Waals surface area contributed by atoms with Crippen LogP contribution in [-0.2, 0) is 4.79 Å². The lowest BCUT2D eigenvalue weighted by Gasteiger charge is -2.23. The predicted octanol–water partition coefficient (Wildman–Crippen LogP) is 4.76. The summed E-state index contributed by atoms with van der Waals surface area (Å²) in [6.45, 7) is 3.90. The van der Waals surface area contributed by atoms with E-state index in [9.17, 15) is 9.59 Å². The van der Waals surface area contributed by atoms with Crippen LogP contribution in [0.5, 0.6) is 5.75 Å². The van der Waals surface area contributed by atoms with Crippen molar-refractivity contribution in [3.8, 4) is 16.3 Å². The zero-order valence-corrected chi connectivity index (χ0v) is 19.8. The second kappa shape index (κ2) is 10.5. The average molecular weight is 503 g/mol. The lowest BCUT2D eigenvalue weighted by Crippen LogP contribution is -2.47. The molecule has 3 rings (SSSR count). The number of benzene rings is 2. The molecule has 0 aliphatic carbocycles. The Labute approximate surface area is 193 Å². The van der Waals surface area contributed by atoms with E-state index in [0.29, 0.717) is 25.9 Å². The van der Waals surface area contributed by atoms with Gasteiger partial charge in [-0.05, 0) is 46.1 Å². The van der Waals surface area contributed by atoms with Crippen LogP contribution in [0.4, 0.5) is 5.13 Å². The van der Waals surface area contributed by atoms with Gasteiger partial charge in [0.1, 0.15) is 16.8 Å². The third-order valence-electron chi connectivity index (χ3n) is 4.87. The molecular formula is C22H23BrN4O3S. The number of hydrogen-bond acceptors (Lipinski definition) is 6. The van der Waals surface area contributed by atoms with Crippen LogP contribution < -0.4 is 15.4 Å². The van der Waals surface area contributed by atoms with E-state index >= 15 is 0 Å². The van der Waals surface area contributed by atoms with E-state index in [1.807, 2.05) is 44.2 Å². The Morgan fingerprint density at radius 3 is 2.65 bits per heavy atom. The smallest absolute Gasteiger partial charge is 0.253 e. The molecule has 31 heavy (non-hydrogen) atoms. The zero-order chi connectivity index (χ0) is 22.4. The average Bonchev–Trinajstić information content (AvgIpc) is 3.25. The second-order valence-electron chi connectivity index (χ2n) is 6.95. The van der Waals surface area contributed by atoms with Gasteiger partial charge in [-0.1, -0.05) is 55.9 Å². The molecule has 2 N–H and O–H groups in total. The van der Waals surface area contributed by atoms with Gasteiger partial charge < -0.3 is 10.1 Å². The lowest BCUT2D eigenvalue weighted by molar-refractivity contribution is -0.119. The standard InChI is InChI=1S/C22H23BrN4O3S/c1-4-13(2)18(24-19(28)16-10-5-6-11-17(16)23)20(29)25-22-27-26-21(31-22)14-8-7-9-15(12-14)30-3/h5-13,18H,4H2,1-3H3,(H,24,28)(H,25,27,29). The van der Waals surface area contributed by atoms with E-state index in [0.717, 1.165) is 12.0 Å². The molecule has 0 aliphatic rings. The zero-order valence-electron chi connectivity index (χ0n) is 17.4. The predicted molar refractivity (Wildman–Crippen MR) is 125 cm³/mol. The van der Waals surface area contributed by atoms with E-state index in [1.54, 1.807) is 25.3 Å². The van der Waals surface area contributed by atoms with Gasteiger partial charge in [0.25, 0.3) is 5.91 Å². The van der Waals surface area contributed by atoms with Gasteiger partial charge in [0.15, 0.2) is 0 Å². The van der Waals surface area contributed by atoms with Crippen molar-refractivity contribution in [1.82, 2.24) is 15.5 Å². The molecule has 0 aliphatic heterocycles. The third-order valence-corrected chi connectivity index (χ3v) is 6.45. The summed E-state index contributed by atoms with van der Waals surface area (Å²) in [6.07, 6.45) is 0.722. The molecule has 0 spiro atoms. The number of hydrogen-bond donors (Lipinski definition) is 2. The molecule has 162 valence electrons. The van der Waals surface area contributed by atoms with Crippen LogP contribution in [0.15, 0.2) is 53.0 Å². The Bertz CT molecular complexity index is 1070. The molecule has 0 fully saturated rings. The van der Waals surface area contributed by atoms with Gasteiger partial charge >= 0.3 is 0 Å². The molecule has 1 heterocycles. The molecule has 0 bridgehead atoms. The minimum atomic E-state index is -0.714. The summed E-state index contributed by atoms with van der Waals surface area (Å²) >= 11 is 4.64. The highest BCUT2D eigenvalue weighted by atomic mass is 79.9. The van der Waals surface area contributed by atoms with Gasteiger partial charge in [0.05, 0.1) is 12.7 Å². The van der Waals surface area contributed by atoms with Crippen LogP contribution >= 0.6 is 27.3 Å². The van der Waals surface area contributed by atoms with E-state index < -0.39 is 6.04 Å². The summed E-state index contributed by atoms with van der Waals surface area (Å²) in [5.74, 6) is -0.00697. The third kappa shape index (κ3) is 5.68. The Morgan fingerprint density at radius 2 is 1.94 bits per heavy atom. The number of carbonyl (C=O) groups is 2. The van der Waals surface area contributed by atoms with Gasteiger partial charge in [-0.3, -0.25) is 14.9 Å². The fourth-order valence-corrected chi connectivity index (χ4v) is 4.10. The number of anilines is 1. The van der Waals surface area contributed by atoms with Gasteiger partial charge in [-0.15, -0.1) is 10.2 Å². The molecule has 2 aromatic carbocycles. The number of amides is 2. The number of aromatic nitrogens is 2. The highest BCUT2D eigenvalue weighted by Gasteiger charge is 2.28. The van der Waals surface area contributed by atoms with Gasteiger partial charge in [0, 0.05) is 10.0 Å². The van der Waals surface area contributed by atoms with E-state index in [1.165, 1.54) is 11.3 Å². The quantitative estimate of drug-likeness (QED) is 0.463. The molecule has 2 unspecified atom stereocenters. The number of halogens is 1. The summed E-state index contributed by atoms with van der Waals surface area (Å²) < 4.78 is 5.91.